The van der Waals surface area contributed by atoms with Crippen LogP contribution in [0.15, 0.2) is 46.9 Å². The smallest absolute Gasteiger partial charge is 0.124 e. The summed E-state index contributed by atoms with van der Waals surface area (Å²) in [5.41, 5.74) is 2.06. The lowest BCUT2D eigenvalue weighted by molar-refractivity contribution is 0.619. The summed E-state index contributed by atoms with van der Waals surface area (Å²) >= 11 is 9.08. The third-order valence-corrected chi connectivity index (χ3v) is 3.20. The van der Waals surface area contributed by atoms with Gasteiger partial charge in [0.25, 0.3) is 0 Å². The second-order valence-corrected chi connectivity index (χ2v) is 5.36. The first-order chi connectivity index (χ1) is 8.63. The van der Waals surface area contributed by atoms with Crippen LogP contribution in [0.5, 0.6) is 0 Å². The molecule has 94 valence electrons. The fourth-order valence-electron chi connectivity index (χ4n) is 1.67. The molecule has 0 saturated heterocycles. The van der Waals surface area contributed by atoms with E-state index < -0.39 is 0 Å². The topological polar surface area (TPSA) is 12.0 Å². The SMILES string of the molecule is Fc1cc(Br)cc(CNCc2ccc(Cl)cc2)c1. The quantitative estimate of drug-likeness (QED) is 0.869. The summed E-state index contributed by atoms with van der Waals surface area (Å²) in [7, 11) is 0. The Labute approximate surface area is 119 Å². The molecule has 0 aromatic heterocycles. The van der Waals surface area contributed by atoms with Gasteiger partial charge in [0.15, 0.2) is 0 Å². The van der Waals surface area contributed by atoms with Crippen LogP contribution in [0.4, 0.5) is 4.39 Å². The lowest BCUT2D eigenvalue weighted by Crippen LogP contribution is -2.12. The Morgan fingerprint density at radius 2 is 1.67 bits per heavy atom. The molecule has 0 aliphatic heterocycles. The molecule has 0 saturated carbocycles. The van der Waals surface area contributed by atoms with E-state index in [1.165, 1.54) is 12.1 Å². The van der Waals surface area contributed by atoms with Gasteiger partial charge in [-0.2, -0.15) is 0 Å². The molecule has 0 bridgehead atoms. The Balaban J connectivity index is 1.90. The van der Waals surface area contributed by atoms with Crippen LogP contribution in [-0.4, -0.2) is 0 Å². The molecule has 2 rings (SSSR count). The van der Waals surface area contributed by atoms with E-state index in [0.29, 0.717) is 6.54 Å². The van der Waals surface area contributed by atoms with E-state index in [4.69, 9.17) is 11.6 Å². The fourth-order valence-corrected chi connectivity index (χ4v) is 2.31. The molecule has 0 amide bonds. The van der Waals surface area contributed by atoms with Crippen LogP contribution in [0, 0.1) is 5.82 Å². The Morgan fingerprint density at radius 1 is 1.00 bits per heavy atom. The maximum atomic E-state index is 13.2. The largest absolute Gasteiger partial charge is 0.309 e. The number of hydrogen-bond donors (Lipinski definition) is 1. The minimum absolute atomic E-state index is 0.229. The molecule has 1 N–H and O–H groups in total. The van der Waals surface area contributed by atoms with Gasteiger partial charge in [0, 0.05) is 22.6 Å². The van der Waals surface area contributed by atoms with E-state index >= 15 is 0 Å². The highest BCUT2D eigenvalue weighted by Gasteiger charge is 1.99. The van der Waals surface area contributed by atoms with E-state index in [-0.39, 0.29) is 5.82 Å². The lowest BCUT2D eigenvalue weighted by atomic mass is 10.2. The standard InChI is InChI=1S/C14H12BrClFN/c15-12-5-11(6-14(17)7-12)9-18-8-10-1-3-13(16)4-2-10/h1-7,18H,8-9H2. The minimum Gasteiger partial charge on any atom is -0.309 e. The van der Waals surface area contributed by atoms with Gasteiger partial charge in [0.2, 0.25) is 0 Å². The molecule has 0 unspecified atom stereocenters. The summed E-state index contributed by atoms with van der Waals surface area (Å²) in [6.45, 7) is 1.35. The predicted octanol–water partition coefficient (Wildman–Crippen LogP) is 4.53. The summed E-state index contributed by atoms with van der Waals surface area (Å²) in [5.74, 6) is -0.229. The molecule has 1 nitrogen and oxygen atoms in total. The summed E-state index contributed by atoms with van der Waals surface area (Å²) in [6.07, 6.45) is 0. The van der Waals surface area contributed by atoms with Gasteiger partial charge in [-0.05, 0) is 41.5 Å². The van der Waals surface area contributed by atoms with E-state index in [2.05, 4.69) is 21.2 Å². The van der Waals surface area contributed by atoms with Gasteiger partial charge in [-0.1, -0.05) is 39.7 Å². The highest BCUT2D eigenvalue weighted by Crippen LogP contribution is 2.15. The first kappa shape index (κ1) is 13.5. The average Bonchev–Trinajstić information content (AvgIpc) is 2.30. The van der Waals surface area contributed by atoms with Gasteiger partial charge in [-0.3, -0.25) is 0 Å². The van der Waals surface area contributed by atoms with Crippen LogP contribution in [0.3, 0.4) is 0 Å². The van der Waals surface area contributed by atoms with Crippen LogP contribution >= 0.6 is 27.5 Å². The van der Waals surface area contributed by atoms with Crippen molar-refractivity contribution in [2.45, 2.75) is 13.1 Å². The zero-order valence-corrected chi connectivity index (χ0v) is 11.9. The van der Waals surface area contributed by atoms with Crippen LogP contribution in [0.1, 0.15) is 11.1 Å². The van der Waals surface area contributed by atoms with Gasteiger partial charge in [-0.15, -0.1) is 0 Å². The van der Waals surface area contributed by atoms with E-state index in [1.807, 2.05) is 30.3 Å². The van der Waals surface area contributed by atoms with Crippen molar-refractivity contribution in [2.24, 2.45) is 0 Å². The van der Waals surface area contributed by atoms with Gasteiger partial charge >= 0.3 is 0 Å². The third kappa shape index (κ3) is 4.09. The lowest BCUT2D eigenvalue weighted by Gasteiger charge is -2.06. The number of benzene rings is 2. The van der Waals surface area contributed by atoms with Crippen molar-refractivity contribution in [1.82, 2.24) is 5.32 Å². The van der Waals surface area contributed by atoms with Crippen LogP contribution in [0.25, 0.3) is 0 Å². The number of nitrogens with one attached hydrogen (secondary N) is 1. The zero-order chi connectivity index (χ0) is 13.0. The maximum absolute atomic E-state index is 13.2. The molecule has 0 aliphatic carbocycles. The molecular weight excluding hydrogens is 317 g/mol. The minimum atomic E-state index is -0.229. The molecule has 0 radical (unpaired) electrons. The zero-order valence-electron chi connectivity index (χ0n) is 9.59. The van der Waals surface area contributed by atoms with Crippen molar-refractivity contribution in [3.63, 3.8) is 0 Å². The molecule has 0 heterocycles. The number of hydrogen-bond acceptors (Lipinski definition) is 1. The van der Waals surface area contributed by atoms with Gasteiger partial charge in [-0.25, -0.2) is 4.39 Å². The van der Waals surface area contributed by atoms with Gasteiger partial charge in [0.05, 0.1) is 0 Å². The second-order valence-electron chi connectivity index (χ2n) is 4.01. The Hall–Kier alpha value is -0.900. The summed E-state index contributed by atoms with van der Waals surface area (Å²) < 4.78 is 13.9. The summed E-state index contributed by atoms with van der Waals surface area (Å²) in [5, 5.41) is 3.99. The van der Waals surface area contributed by atoms with E-state index in [0.717, 1.165) is 27.2 Å². The predicted molar refractivity (Wildman–Crippen MR) is 76.1 cm³/mol. The molecule has 18 heavy (non-hydrogen) atoms. The number of halogens is 3. The van der Waals surface area contributed by atoms with Crippen LogP contribution in [0.2, 0.25) is 5.02 Å². The van der Waals surface area contributed by atoms with Crippen molar-refractivity contribution in [1.29, 1.82) is 0 Å². The second kappa shape index (κ2) is 6.32. The molecule has 2 aromatic rings. The third-order valence-electron chi connectivity index (χ3n) is 2.49. The van der Waals surface area contributed by atoms with Crippen molar-refractivity contribution < 1.29 is 4.39 Å². The molecule has 0 aliphatic rings. The summed E-state index contributed by atoms with van der Waals surface area (Å²) in [6, 6.07) is 12.5. The van der Waals surface area contributed by atoms with Crippen molar-refractivity contribution in [3.05, 3.63) is 68.9 Å². The molecule has 0 fully saturated rings. The van der Waals surface area contributed by atoms with Gasteiger partial charge in [0.1, 0.15) is 5.82 Å². The fraction of sp³-hybridized carbons (Fsp3) is 0.143. The van der Waals surface area contributed by atoms with E-state index in [9.17, 15) is 4.39 Å². The van der Waals surface area contributed by atoms with Gasteiger partial charge < -0.3 is 5.32 Å². The van der Waals surface area contributed by atoms with Crippen molar-refractivity contribution in [2.75, 3.05) is 0 Å². The average molecular weight is 329 g/mol. The molecular formula is C14H12BrClFN. The normalized spacial score (nSPS) is 10.6. The van der Waals surface area contributed by atoms with Crippen molar-refractivity contribution in [3.8, 4) is 0 Å². The molecule has 4 heteroatoms. The highest BCUT2D eigenvalue weighted by molar-refractivity contribution is 9.10. The van der Waals surface area contributed by atoms with Crippen molar-refractivity contribution >= 4 is 27.5 Å². The Morgan fingerprint density at radius 3 is 2.33 bits per heavy atom. The Kier molecular flexibility index (Phi) is 4.75. The van der Waals surface area contributed by atoms with Crippen LogP contribution in [-0.2, 0) is 13.1 Å². The number of rotatable bonds is 4. The summed E-state index contributed by atoms with van der Waals surface area (Å²) in [4.78, 5) is 0. The van der Waals surface area contributed by atoms with Crippen LogP contribution < -0.4 is 5.32 Å². The first-order valence-corrected chi connectivity index (χ1v) is 6.71. The maximum Gasteiger partial charge on any atom is 0.124 e. The highest BCUT2D eigenvalue weighted by atomic mass is 79.9. The van der Waals surface area contributed by atoms with E-state index in [1.54, 1.807) is 0 Å². The first-order valence-electron chi connectivity index (χ1n) is 5.53. The molecule has 0 spiro atoms. The molecule has 0 atom stereocenters. The molecule has 2 aromatic carbocycles. The Bertz CT molecular complexity index is 508. The monoisotopic (exact) mass is 327 g/mol.